The topological polar surface area (TPSA) is 66.8 Å². The number of hydrogen-bond donors (Lipinski definition) is 1. The molecule has 2 aliphatic rings. The lowest BCUT2D eigenvalue weighted by Crippen LogP contribution is -2.46. The van der Waals surface area contributed by atoms with E-state index in [0.717, 1.165) is 10.0 Å². The lowest BCUT2D eigenvalue weighted by molar-refractivity contribution is -0.139. The van der Waals surface area contributed by atoms with Gasteiger partial charge in [-0.25, -0.2) is 0 Å². The Morgan fingerprint density at radius 1 is 1.24 bits per heavy atom. The number of carbonyl (C=O) groups is 2. The van der Waals surface area contributed by atoms with Crippen LogP contribution in [-0.2, 0) is 16.8 Å². The summed E-state index contributed by atoms with van der Waals surface area (Å²) in [6.45, 7) is 0. The molecule has 0 unspecified atom stereocenters. The molecule has 1 N–H and O–H groups in total. The standard InChI is InChI=1S/C19H16BrNO4/c1-21-14-6-4-3-5-11(14)19(24,18(21)23)12-9-10-13(20)7-8-15(25-2)16(10)17(12)22/h3-8,12,24H,9H2,1-2H3/t12-,19-/m1/s1. The van der Waals surface area contributed by atoms with Crippen LogP contribution in [0.1, 0.15) is 21.5 Å². The predicted octanol–water partition coefficient (Wildman–Crippen LogP) is 2.68. The van der Waals surface area contributed by atoms with Gasteiger partial charge >= 0.3 is 0 Å². The second-order valence-electron chi connectivity index (χ2n) is 6.37. The highest BCUT2D eigenvalue weighted by molar-refractivity contribution is 9.10. The van der Waals surface area contributed by atoms with Crippen molar-refractivity contribution in [3.8, 4) is 5.75 Å². The third kappa shape index (κ3) is 1.98. The number of ketones is 1. The fourth-order valence-corrected chi connectivity index (χ4v) is 4.45. The summed E-state index contributed by atoms with van der Waals surface area (Å²) in [5, 5.41) is 11.4. The zero-order valence-electron chi connectivity index (χ0n) is 13.7. The second kappa shape index (κ2) is 5.41. The number of para-hydroxylation sites is 1. The van der Waals surface area contributed by atoms with Crippen LogP contribution >= 0.6 is 15.9 Å². The Morgan fingerprint density at radius 3 is 2.68 bits per heavy atom. The van der Waals surface area contributed by atoms with E-state index >= 15 is 0 Å². The summed E-state index contributed by atoms with van der Waals surface area (Å²) in [7, 11) is 3.12. The first-order valence-corrected chi connectivity index (χ1v) is 8.70. The molecule has 2 atom stereocenters. The molecule has 4 rings (SSSR count). The molecule has 25 heavy (non-hydrogen) atoms. The first kappa shape index (κ1) is 16.3. The molecule has 2 aromatic carbocycles. The van der Waals surface area contributed by atoms with Gasteiger partial charge in [-0.05, 0) is 30.2 Å². The molecule has 0 aromatic heterocycles. The summed E-state index contributed by atoms with van der Waals surface area (Å²) in [4.78, 5) is 27.5. The van der Waals surface area contributed by atoms with Crippen LogP contribution in [0.5, 0.6) is 5.75 Å². The quantitative estimate of drug-likeness (QED) is 0.839. The van der Waals surface area contributed by atoms with E-state index in [9.17, 15) is 14.7 Å². The number of nitrogens with zero attached hydrogens (tertiary/aromatic N) is 1. The summed E-state index contributed by atoms with van der Waals surface area (Å²) < 4.78 is 6.10. The minimum atomic E-state index is -1.87. The lowest BCUT2D eigenvalue weighted by Gasteiger charge is -2.27. The van der Waals surface area contributed by atoms with Gasteiger partial charge in [0, 0.05) is 17.1 Å². The maximum Gasteiger partial charge on any atom is 0.264 e. The molecule has 0 spiro atoms. The van der Waals surface area contributed by atoms with Crippen molar-refractivity contribution in [1.82, 2.24) is 0 Å². The molecule has 0 fully saturated rings. The number of methoxy groups -OCH3 is 1. The number of amides is 1. The zero-order chi connectivity index (χ0) is 17.9. The first-order valence-electron chi connectivity index (χ1n) is 7.90. The van der Waals surface area contributed by atoms with Crippen LogP contribution in [0.25, 0.3) is 0 Å². The molecule has 1 aliphatic heterocycles. The van der Waals surface area contributed by atoms with E-state index in [1.165, 1.54) is 12.0 Å². The Bertz CT molecular complexity index is 926. The first-order chi connectivity index (χ1) is 11.9. The summed E-state index contributed by atoms with van der Waals surface area (Å²) >= 11 is 3.47. The van der Waals surface area contributed by atoms with Crippen molar-refractivity contribution in [3.63, 3.8) is 0 Å². The number of halogens is 1. The molecule has 5 nitrogen and oxygen atoms in total. The van der Waals surface area contributed by atoms with E-state index in [0.29, 0.717) is 22.6 Å². The molecule has 0 radical (unpaired) electrons. The van der Waals surface area contributed by atoms with E-state index < -0.39 is 17.4 Å². The molecule has 0 bridgehead atoms. The third-order valence-corrected chi connectivity index (χ3v) is 5.96. The summed E-state index contributed by atoms with van der Waals surface area (Å²) in [6.07, 6.45) is 0.274. The molecule has 0 saturated heterocycles. The van der Waals surface area contributed by atoms with Gasteiger partial charge in [0.15, 0.2) is 11.4 Å². The van der Waals surface area contributed by atoms with Gasteiger partial charge in [-0.3, -0.25) is 9.59 Å². The molecule has 1 amide bonds. The van der Waals surface area contributed by atoms with Crippen molar-refractivity contribution in [1.29, 1.82) is 0 Å². The molecule has 1 heterocycles. The van der Waals surface area contributed by atoms with Crippen molar-refractivity contribution in [2.75, 3.05) is 19.1 Å². The van der Waals surface area contributed by atoms with Crippen LogP contribution in [-0.4, -0.2) is 31.0 Å². The van der Waals surface area contributed by atoms with Crippen molar-refractivity contribution in [3.05, 3.63) is 57.6 Å². The molecule has 0 saturated carbocycles. The number of carbonyl (C=O) groups excluding carboxylic acids is 2. The fraction of sp³-hybridized carbons (Fsp3) is 0.263. The Kier molecular flexibility index (Phi) is 3.53. The molecular formula is C19H16BrNO4. The van der Waals surface area contributed by atoms with Gasteiger partial charge in [0.2, 0.25) is 0 Å². The summed E-state index contributed by atoms with van der Waals surface area (Å²) in [5.41, 5.74) is 0.442. The van der Waals surface area contributed by atoms with E-state index in [1.807, 2.05) is 6.07 Å². The number of rotatable bonds is 2. The molecule has 6 heteroatoms. The number of Topliss-reactive ketones (excluding diaryl/α,β-unsaturated/α-hetero) is 1. The number of ether oxygens (including phenoxy) is 1. The molecule has 2 aromatic rings. The van der Waals surface area contributed by atoms with Crippen LogP contribution in [0.3, 0.4) is 0 Å². The van der Waals surface area contributed by atoms with E-state index in [1.54, 1.807) is 37.4 Å². The van der Waals surface area contributed by atoms with E-state index in [4.69, 9.17) is 4.74 Å². The monoisotopic (exact) mass is 401 g/mol. The molecule has 1 aliphatic carbocycles. The normalized spacial score (nSPS) is 24.5. The zero-order valence-corrected chi connectivity index (χ0v) is 15.3. The number of hydrogen-bond acceptors (Lipinski definition) is 4. The maximum atomic E-state index is 13.2. The van der Waals surface area contributed by atoms with Crippen molar-refractivity contribution in [2.24, 2.45) is 5.92 Å². The Hall–Kier alpha value is -2.18. The van der Waals surface area contributed by atoms with Gasteiger partial charge in [-0.1, -0.05) is 34.1 Å². The minimum absolute atomic E-state index is 0.269. The lowest BCUT2D eigenvalue weighted by atomic mass is 9.79. The predicted molar refractivity (Wildman–Crippen MR) is 96.0 cm³/mol. The highest BCUT2D eigenvalue weighted by Gasteiger charge is 2.58. The average Bonchev–Trinajstić information content (AvgIpc) is 3.07. The summed E-state index contributed by atoms with van der Waals surface area (Å²) in [5.74, 6) is -1.17. The van der Waals surface area contributed by atoms with E-state index in [-0.39, 0.29) is 12.2 Å². The van der Waals surface area contributed by atoms with Crippen LogP contribution in [0.4, 0.5) is 5.69 Å². The molecular weight excluding hydrogens is 386 g/mol. The van der Waals surface area contributed by atoms with Crippen LogP contribution in [0.2, 0.25) is 0 Å². The van der Waals surface area contributed by atoms with Gasteiger partial charge in [0.05, 0.1) is 24.3 Å². The smallest absolute Gasteiger partial charge is 0.264 e. The number of anilines is 1. The third-order valence-electron chi connectivity index (χ3n) is 5.22. The Labute approximate surface area is 153 Å². The van der Waals surface area contributed by atoms with Gasteiger partial charge in [0.1, 0.15) is 5.75 Å². The van der Waals surface area contributed by atoms with Crippen molar-refractivity contribution < 1.29 is 19.4 Å². The minimum Gasteiger partial charge on any atom is -0.496 e. The number of benzene rings is 2. The Balaban J connectivity index is 1.88. The van der Waals surface area contributed by atoms with Crippen LogP contribution in [0.15, 0.2) is 40.9 Å². The Morgan fingerprint density at radius 2 is 1.96 bits per heavy atom. The number of likely N-dealkylation sites (N-methyl/N-ethyl adjacent to an activating group) is 1. The maximum absolute atomic E-state index is 13.2. The van der Waals surface area contributed by atoms with Crippen LogP contribution < -0.4 is 9.64 Å². The van der Waals surface area contributed by atoms with Crippen LogP contribution in [0, 0.1) is 5.92 Å². The number of aliphatic hydroxyl groups is 1. The summed E-state index contributed by atoms with van der Waals surface area (Å²) in [6, 6.07) is 10.6. The van der Waals surface area contributed by atoms with Crippen molar-refractivity contribution in [2.45, 2.75) is 12.0 Å². The molecule has 128 valence electrons. The highest BCUT2D eigenvalue weighted by atomic mass is 79.9. The van der Waals surface area contributed by atoms with Gasteiger partial charge in [-0.2, -0.15) is 0 Å². The SMILES string of the molecule is COc1ccc(Br)c2c1C(=O)[C@H]([C@@]1(O)C(=O)N(C)c3ccccc31)C2. The average molecular weight is 402 g/mol. The van der Waals surface area contributed by atoms with Crippen molar-refractivity contribution >= 4 is 33.3 Å². The van der Waals surface area contributed by atoms with E-state index in [2.05, 4.69) is 15.9 Å². The fourth-order valence-electron chi connectivity index (χ4n) is 3.95. The van der Waals surface area contributed by atoms with Gasteiger partial charge in [0.25, 0.3) is 5.91 Å². The van der Waals surface area contributed by atoms with Gasteiger partial charge < -0.3 is 14.7 Å². The highest BCUT2D eigenvalue weighted by Crippen LogP contribution is 2.50. The second-order valence-corrected chi connectivity index (χ2v) is 7.23. The number of fused-ring (bicyclic) bond motifs is 2. The largest absolute Gasteiger partial charge is 0.496 e. The van der Waals surface area contributed by atoms with Gasteiger partial charge in [-0.15, -0.1) is 0 Å².